The molecule has 1 heterocycles. The number of carboxylic acid groups (broad SMARTS) is 1. The van der Waals surface area contributed by atoms with Gasteiger partial charge in [-0.15, -0.1) is 0 Å². The molecule has 1 unspecified atom stereocenters. The molecule has 0 aliphatic rings. The van der Waals surface area contributed by atoms with Gasteiger partial charge in [0.05, 0.1) is 6.20 Å². The highest BCUT2D eigenvalue weighted by molar-refractivity contribution is 5.82. The van der Waals surface area contributed by atoms with Crippen LogP contribution in [0.15, 0.2) is 18.5 Å². The number of aliphatic carboxylic acids is 1. The molecule has 0 spiro atoms. The summed E-state index contributed by atoms with van der Waals surface area (Å²) in [4.78, 5) is 27.3. The molecule has 5 nitrogen and oxygen atoms in total. The Morgan fingerprint density at radius 3 is 2.72 bits per heavy atom. The van der Waals surface area contributed by atoms with E-state index < -0.39 is 17.3 Å². The van der Waals surface area contributed by atoms with Crippen LogP contribution in [0.4, 0.5) is 4.39 Å². The standard InChI is InChI=1S/C12H15FN2O3/c1-3-4-15(8-16)12(2,11(17)18)9-5-10(13)7-14-6-9/h5-8H,3-4H2,1-2H3,(H,17,18). The molecule has 0 radical (unpaired) electrons. The number of amides is 1. The average Bonchev–Trinajstić information content (AvgIpc) is 2.34. The molecular formula is C12H15FN2O3. The highest BCUT2D eigenvalue weighted by atomic mass is 19.1. The van der Waals surface area contributed by atoms with Gasteiger partial charge in [0.2, 0.25) is 6.41 Å². The number of carbonyl (C=O) groups is 2. The van der Waals surface area contributed by atoms with E-state index in [-0.39, 0.29) is 12.1 Å². The highest BCUT2D eigenvalue weighted by Gasteiger charge is 2.41. The number of pyridine rings is 1. The van der Waals surface area contributed by atoms with Crippen molar-refractivity contribution >= 4 is 12.4 Å². The molecule has 0 aliphatic carbocycles. The average molecular weight is 254 g/mol. The minimum atomic E-state index is -1.62. The first kappa shape index (κ1) is 14.1. The summed E-state index contributed by atoms with van der Waals surface area (Å²) in [6.07, 6.45) is 3.30. The molecule has 0 bridgehead atoms. The van der Waals surface area contributed by atoms with Crippen molar-refractivity contribution in [2.45, 2.75) is 25.8 Å². The molecule has 98 valence electrons. The fourth-order valence-corrected chi connectivity index (χ4v) is 1.71. The summed E-state index contributed by atoms with van der Waals surface area (Å²) < 4.78 is 13.2. The van der Waals surface area contributed by atoms with E-state index in [4.69, 9.17) is 0 Å². The number of aromatic nitrogens is 1. The third-order valence-corrected chi connectivity index (χ3v) is 2.85. The second kappa shape index (κ2) is 5.57. The Hall–Kier alpha value is -1.98. The molecule has 1 amide bonds. The van der Waals surface area contributed by atoms with Crippen LogP contribution in [0.5, 0.6) is 0 Å². The first-order valence-corrected chi connectivity index (χ1v) is 5.53. The van der Waals surface area contributed by atoms with Gasteiger partial charge >= 0.3 is 5.97 Å². The van der Waals surface area contributed by atoms with Crippen molar-refractivity contribution in [1.29, 1.82) is 0 Å². The first-order valence-electron chi connectivity index (χ1n) is 5.53. The zero-order valence-electron chi connectivity index (χ0n) is 10.3. The molecule has 1 aromatic heterocycles. The molecule has 0 aromatic carbocycles. The third-order valence-electron chi connectivity index (χ3n) is 2.85. The molecule has 1 aromatic rings. The predicted molar refractivity (Wildman–Crippen MR) is 62.2 cm³/mol. The summed E-state index contributed by atoms with van der Waals surface area (Å²) in [6, 6.07) is 1.08. The minimum Gasteiger partial charge on any atom is -0.479 e. The number of halogens is 1. The maximum absolute atomic E-state index is 13.2. The Kier molecular flexibility index (Phi) is 4.36. The summed E-state index contributed by atoms with van der Waals surface area (Å²) >= 11 is 0. The number of hydrogen-bond donors (Lipinski definition) is 1. The zero-order chi connectivity index (χ0) is 13.8. The molecule has 1 rings (SSSR count). The van der Waals surface area contributed by atoms with E-state index in [0.717, 1.165) is 17.2 Å². The summed E-state index contributed by atoms with van der Waals surface area (Å²) in [7, 11) is 0. The van der Waals surface area contributed by atoms with Crippen molar-refractivity contribution in [3.63, 3.8) is 0 Å². The Balaban J connectivity index is 3.30. The molecule has 6 heteroatoms. The van der Waals surface area contributed by atoms with Crippen molar-refractivity contribution in [3.05, 3.63) is 29.8 Å². The lowest BCUT2D eigenvalue weighted by molar-refractivity contribution is -0.154. The first-order chi connectivity index (χ1) is 8.46. The maximum atomic E-state index is 13.2. The summed E-state index contributed by atoms with van der Waals surface area (Å²) in [5.41, 5.74) is -1.48. The van der Waals surface area contributed by atoms with Gasteiger partial charge in [-0.3, -0.25) is 9.78 Å². The van der Waals surface area contributed by atoms with Crippen LogP contribution < -0.4 is 0 Å². The van der Waals surface area contributed by atoms with Crippen LogP contribution in [0, 0.1) is 5.82 Å². The highest BCUT2D eigenvalue weighted by Crippen LogP contribution is 2.27. The fraction of sp³-hybridized carbons (Fsp3) is 0.417. The maximum Gasteiger partial charge on any atom is 0.334 e. The fourth-order valence-electron chi connectivity index (χ4n) is 1.71. The summed E-state index contributed by atoms with van der Waals surface area (Å²) in [6.45, 7) is 3.45. The molecule has 0 fully saturated rings. The van der Waals surface area contributed by atoms with E-state index in [1.165, 1.54) is 13.1 Å². The molecule has 0 saturated heterocycles. The van der Waals surface area contributed by atoms with Crippen LogP contribution in [0.1, 0.15) is 25.8 Å². The van der Waals surface area contributed by atoms with Gasteiger partial charge in [0.25, 0.3) is 0 Å². The monoisotopic (exact) mass is 254 g/mol. The quantitative estimate of drug-likeness (QED) is 0.779. The number of rotatable bonds is 6. The number of hydrogen-bond acceptors (Lipinski definition) is 3. The Morgan fingerprint density at radius 2 is 2.28 bits per heavy atom. The van der Waals surface area contributed by atoms with Gasteiger partial charge in [-0.05, 0) is 19.4 Å². The molecule has 0 aliphatic heterocycles. The molecule has 0 saturated carbocycles. The van der Waals surface area contributed by atoms with Gasteiger partial charge in [0.15, 0.2) is 5.54 Å². The lowest BCUT2D eigenvalue weighted by Crippen LogP contribution is -2.49. The van der Waals surface area contributed by atoms with Gasteiger partial charge in [0, 0.05) is 18.3 Å². The van der Waals surface area contributed by atoms with E-state index in [1.807, 2.05) is 6.92 Å². The van der Waals surface area contributed by atoms with E-state index in [2.05, 4.69) is 4.98 Å². The third kappa shape index (κ3) is 2.47. The molecule has 1 N–H and O–H groups in total. The van der Waals surface area contributed by atoms with Crippen molar-refractivity contribution in [2.24, 2.45) is 0 Å². The predicted octanol–water partition coefficient (Wildman–Crippen LogP) is 1.39. The van der Waals surface area contributed by atoms with Crippen LogP contribution in [-0.2, 0) is 15.1 Å². The van der Waals surface area contributed by atoms with E-state index in [0.29, 0.717) is 12.8 Å². The van der Waals surface area contributed by atoms with Crippen molar-refractivity contribution in [3.8, 4) is 0 Å². The lowest BCUT2D eigenvalue weighted by atomic mass is 9.91. The molecule has 1 atom stereocenters. The number of carboxylic acids is 1. The van der Waals surface area contributed by atoms with E-state index in [9.17, 15) is 19.1 Å². The van der Waals surface area contributed by atoms with Gasteiger partial charge in [-0.25, -0.2) is 9.18 Å². The minimum absolute atomic E-state index is 0.135. The normalized spacial score (nSPS) is 13.7. The Bertz CT molecular complexity index is 453. The van der Waals surface area contributed by atoms with Crippen molar-refractivity contribution in [2.75, 3.05) is 6.54 Å². The Morgan fingerprint density at radius 1 is 1.61 bits per heavy atom. The number of carbonyl (C=O) groups excluding carboxylic acids is 1. The van der Waals surface area contributed by atoms with E-state index >= 15 is 0 Å². The van der Waals surface area contributed by atoms with Crippen LogP contribution in [0.3, 0.4) is 0 Å². The van der Waals surface area contributed by atoms with Crippen LogP contribution >= 0.6 is 0 Å². The second-order valence-electron chi connectivity index (χ2n) is 4.07. The Labute approximate surface area is 104 Å². The van der Waals surface area contributed by atoms with Gasteiger partial charge in [-0.2, -0.15) is 0 Å². The lowest BCUT2D eigenvalue weighted by Gasteiger charge is -2.35. The zero-order valence-corrected chi connectivity index (χ0v) is 10.3. The largest absolute Gasteiger partial charge is 0.479 e. The van der Waals surface area contributed by atoms with Crippen LogP contribution in [0.2, 0.25) is 0 Å². The van der Waals surface area contributed by atoms with Crippen molar-refractivity contribution in [1.82, 2.24) is 9.88 Å². The van der Waals surface area contributed by atoms with Gasteiger partial charge in [-0.1, -0.05) is 6.92 Å². The van der Waals surface area contributed by atoms with Gasteiger partial charge in [0.1, 0.15) is 5.82 Å². The molecule has 18 heavy (non-hydrogen) atoms. The summed E-state index contributed by atoms with van der Waals surface area (Å²) in [5.74, 6) is -1.86. The SMILES string of the molecule is CCCN(C=O)C(C)(C(=O)O)c1cncc(F)c1. The van der Waals surface area contributed by atoms with Crippen LogP contribution in [0.25, 0.3) is 0 Å². The smallest absolute Gasteiger partial charge is 0.334 e. The molecular weight excluding hydrogens is 239 g/mol. The number of nitrogens with zero attached hydrogens (tertiary/aromatic N) is 2. The van der Waals surface area contributed by atoms with Crippen molar-refractivity contribution < 1.29 is 19.1 Å². The second-order valence-corrected chi connectivity index (χ2v) is 4.07. The van der Waals surface area contributed by atoms with E-state index in [1.54, 1.807) is 0 Å². The summed E-state index contributed by atoms with van der Waals surface area (Å²) in [5, 5.41) is 9.35. The van der Waals surface area contributed by atoms with Gasteiger partial charge < -0.3 is 10.0 Å². The topological polar surface area (TPSA) is 70.5 Å². The van der Waals surface area contributed by atoms with Crippen LogP contribution in [-0.4, -0.2) is 33.9 Å².